The van der Waals surface area contributed by atoms with Gasteiger partial charge in [-0.2, -0.15) is 0 Å². The molecule has 0 amide bonds. The minimum atomic E-state index is -2.92. The van der Waals surface area contributed by atoms with Crippen LogP contribution < -0.4 is 20.7 Å². The molecule has 1 aliphatic rings. The maximum absolute atomic E-state index is 5.03. The van der Waals surface area contributed by atoms with Crippen molar-refractivity contribution in [1.29, 1.82) is 0 Å². The summed E-state index contributed by atoms with van der Waals surface area (Å²) in [5, 5.41) is 7.78. The van der Waals surface area contributed by atoms with E-state index in [2.05, 4.69) is 182 Å². The minimum Gasteiger partial charge on any atom is -0.293 e. The summed E-state index contributed by atoms with van der Waals surface area (Å²) < 4.78 is 2.45. The maximum Gasteiger partial charge on any atom is 0.179 e. The SMILES string of the molecule is CC1(C)c2ccccc2Sc2ccc3c4ccc([Si](c5ccccc5)(c5ccccc5)c5cccc(-c6ccccn6)c5)cc4n(-c4ccccn4)c3c21. The van der Waals surface area contributed by atoms with Gasteiger partial charge in [0.05, 0.1) is 16.7 Å². The van der Waals surface area contributed by atoms with Crippen LogP contribution in [-0.2, 0) is 5.41 Å². The topological polar surface area (TPSA) is 30.7 Å². The Morgan fingerprint density at radius 2 is 1.17 bits per heavy atom. The predicted molar refractivity (Wildman–Crippen MR) is 228 cm³/mol. The molecule has 9 aromatic rings. The molecule has 0 spiro atoms. The Bertz CT molecular complexity index is 2780. The van der Waals surface area contributed by atoms with E-state index in [1.807, 2.05) is 36.3 Å². The Morgan fingerprint density at radius 1 is 0.519 bits per heavy atom. The van der Waals surface area contributed by atoms with E-state index in [9.17, 15) is 0 Å². The Hall–Kier alpha value is -6.01. The summed E-state index contributed by atoms with van der Waals surface area (Å²) in [5.41, 5.74) is 6.98. The molecule has 3 aromatic heterocycles. The summed E-state index contributed by atoms with van der Waals surface area (Å²) in [6, 6.07) is 64.7. The summed E-state index contributed by atoms with van der Waals surface area (Å²) in [6.07, 6.45) is 3.79. The van der Waals surface area contributed by atoms with E-state index in [0.29, 0.717) is 0 Å². The molecule has 0 atom stereocenters. The van der Waals surface area contributed by atoms with Crippen LogP contribution in [0.4, 0.5) is 0 Å². The van der Waals surface area contributed by atoms with Gasteiger partial charge in [-0.1, -0.05) is 159 Å². The maximum atomic E-state index is 5.03. The summed E-state index contributed by atoms with van der Waals surface area (Å²) >= 11 is 1.88. The molecule has 0 N–H and O–H groups in total. The van der Waals surface area contributed by atoms with Gasteiger partial charge in [0.2, 0.25) is 0 Å². The molecule has 0 aliphatic carbocycles. The molecule has 5 heteroatoms. The largest absolute Gasteiger partial charge is 0.293 e. The first-order valence-corrected chi connectivity index (χ1v) is 21.3. The molecular formula is C49H37N3SSi. The molecule has 0 saturated carbocycles. The van der Waals surface area contributed by atoms with E-state index < -0.39 is 8.07 Å². The Morgan fingerprint density at radius 3 is 1.89 bits per heavy atom. The van der Waals surface area contributed by atoms with Gasteiger partial charge in [-0.05, 0) is 68.8 Å². The standard InChI is InChI=1S/C49H37N3SSi/c1-49(2)41-22-9-10-24-44(41)53-45-29-28-40-39-27-26-38(33-43(39)52(48(40)47(45)49)46-25-12-14-31-51-46)54(35-17-5-3-6-18-35,36-19-7-4-8-20-36)37-21-15-16-34(32-37)42-23-11-13-30-50-42/h3-33H,1-2H3. The monoisotopic (exact) mass is 727 g/mol. The first-order chi connectivity index (χ1) is 26.5. The van der Waals surface area contributed by atoms with Crippen LogP contribution in [0.3, 0.4) is 0 Å². The number of fused-ring (bicyclic) bond motifs is 6. The quantitative estimate of drug-likeness (QED) is 0.126. The van der Waals surface area contributed by atoms with E-state index in [0.717, 1.165) is 17.1 Å². The Balaban J connectivity index is 1.33. The van der Waals surface area contributed by atoms with Crippen LogP contribution in [-0.4, -0.2) is 22.6 Å². The summed E-state index contributed by atoms with van der Waals surface area (Å²) in [5.74, 6) is 0.923. The molecule has 0 bridgehead atoms. The van der Waals surface area contributed by atoms with E-state index in [4.69, 9.17) is 9.97 Å². The summed E-state index contributed by atoms with van der Waals surface area (Å²) in [4.78, 5) is 12.4. The summed E-state index contributed by atoms with van der Waals surface area (Å²) in [6.45, 7) is 4.76. The van der Waals surface area contributed by atoms with Crippen molar-refractivity contribution in [3.63, 3.8) is 0 Å². The summed E-state index contributed by atoms with van der Waals surface area (Å²) in [7, 11) is -2.92. The molecule has 4 heterocycles. The fraction of sp³-hybridized carbons (Fsp3) is 0.0612. The highest BCUT2D eigenvalue weighted by atomic mass is 32.2. The average Bonchev–Trinajstić information content (AvgIpc) is 3.56. The van der Waals surface area contributed by atoms with E-state index >= 15 is 0 Å². The molecule has 54 heavy (non-hydrogen) atoms. The van der Waals surface area contributed by atoms with Crippen molar-refractivity contribution in [2.45, 2.75) is 29.1 Å². The Kier molecular flexibility index (Phi) is 7.75. The molecule has 10 rings (SSSR count). The highest BCUT2D eigenvalue weighted by Crippen LogP contribution is 2.52. The van der Waals surface area contributed by atoms with Crippen LogP contribution in [0, 0.1) is 0 Å². The molecule has 0 saturated heterocycles. The lowest BCUT2D eigenvalue weighted by Gasteiger charge is -2.35. The van der Waals surface area contributed by atoms with E-state index in [-0.39, 0.29) is 5.41 Å². The van der Waals surface area contributed by atoms with Crippen molar-refractivity contribution in [3.8, 4) is 17.1 Å². The van der Waals surface area contributed by atoms with Crippen molar-refractivity contribution in [1.82, 2.24) is 14.5 Å². The molecule has 0 unspecified atom stereocenters. The van der Waals surface area contributed by atoms with Crippen molar-refractivity contribution < 1.29 is 0 Å². The lowest BCUT2D eigenvalue weighted by atomic mass is 9.76. The zero-order chi connectivity index (χ0) is 36.3. The van der Waals surface area contributed by atoms with Gasteiger partial charge in [0.15, 0.2) is 8.07 Å². The fourth-order valence-electron chi connectivity index (χ4n) is 8.88. The van der Waals surface area contributed by atoms with E-state index in [1.54, 1.807) is 0 Å². The molecule has 3 nitrogen and oxygen atoms in total. The van der Waals surface area contributed by atoms with Gasteiger partial charge in [0, 0.05) is 49.5 Å². The lowest BCUT2D eigenvalue weighted by Crippen LogP contribution is -2.74. The Labute approximate surface area is 321 Å². The van der Waals surface area contributed by atoms with Crippen LogP contribution in [0.25, 0.3) is 38.9 Å². The van der Waals surface area contributed by atoms with Crippen molar-refractivity contribution in [3.05, 3.63) is 199 Å². The zero-order valence-corrected chi connectivity index (χ0v) is 32.0. The fourth-order valence-corrected chi connectivity index (χ4v) is 15.1. The third-order valence-electron chi connectivity index (χ3n) is 11.3. The first kappa shape index (κ1) is 32.6. The first-order valence-electron chi connectivity index (χ1n) is 18.5. The molecule has 0 radical (unpaired) electrons. The number of aromatic nitrogens is 3. The van der Waals surface area contributed by atoms with Crippen LogP contribution in [0.1, 0.15) is 25.0 Å². The lowest BCUT2D eigenvalue weighted by molar-refractivity contribution is 0.611. The van der Waals surface area contributed by atoms with Crippen LogP contribution in [0.5, 0.6) is 0 Å². The van der Waals surface area contributed by atoms with Gasteiger partial charge in [0.1, 0.15) is 5.82 Å². The molecule has 1 aliphatic heterocycles. The smallest absolute Gasteiger partial charge is 0.179 e. The number of hydrogen-bond donors (Lipinski definition) is 0. The number of nitrogens with zero attached hydrogens (tertiary/aromatic N) is 3. The van der Waals surface area contributed by atoms with E-state index in [1.165, 1.54) is 63.5 Å². The van der Waals surface area contributed by atoms with Gasteiger partial charge in [-0.25, -0.2) is 4.98 Å². The number of benzene rings is 6. The zero-order valence-electron chi connectivity index (χ0n) is 30.1. The number of pyridine rings is 2. The second-order valence-electron chi connectivity index (χ2n) is 14.6. The van der Waals surface area contributed by atoms with Gasteiger partial charge < -0.3 is 0 Å². The van der Waals surface area contributed by atoms with Crippen LogP contribution in [0.2, 0.25) is 0 Å². The molecule has 258 valence electrons. The predicted octanol–water partition coefficient (Wildman–Crippen LogP) is 9.41. The number of hydrogen-bond acceptors (Lipinski definition) is 3. The molecule has 0 fully saturated rings. The molecule has 6 aromatic carbocycles. The minimum absolute atomic E-state index is 0.223. The van der Waals surface area contributed by atoms with Crippen molar-refractivity contribution in [2.24, 2.45) is 0 Å². The van der Waals surface area contributed by atoms with Gasteiger partial charge >= 0.3 is 0 Å². The third kappa shape index (κ3) is 4.96. The normalized spacial score (nSPS) is 13.4. The van der Waals surface area contributed by atoms with Crippen LogP contribution >= 0.6 is 11.8 Å². The third-order valence-corrected chi connectivity index (χ3v) is 17.2. The average molecular weight is 728 g/mol. The number of rotatable bonds is 6. The van der Waals surface area contributed by atoms with Gasteiger partial charge in [-0.3, -0.25) is 9.55 Å². The van der Waals surface area contributed by atoms with Gasteiger partial charge in [0.25, 0.3) is 0 Å². The molecular weight excluding hydrogens is 691 g/mol. The van der Waals surface area contributed by atoms with Gasteiger partial charge in [-0.15, -0.1) is 0 Å². The van der Waals surface area contributed by atoms with Crippen molar-refractivity contribution >= 4 is 62.4 Å². The second kappa shape index (κ2) is 12.8. The second-order valence-corrected chi connectivity index (χ2v) is 19.5. The van der Waals surface area contributed by atoms with Crippen molar-refractivity contribution in [2.75, 3.05) is 0 Å². The highest BCUT2D eigenvalue weighted by molar-refractivity contribution is 7.99. The highest BCUT2D eigenvalue weighted by Gasteiger charge is 2.42. The van der Waals surface area contributed by atoms with Crippen LogP contribution in [0.15, 0.2) is 198 Å².